The van der Waals surface area contributed by atoms with Crippen molar-refractivity contribution < 1.29 is 14.3 Å². The molecule has 0 radical (unpaired) electrons. The molecular formula is C19H23N3O3S. The van der Waals surface area contributed by atoms with Gasteiger partial charge >= 0.3 is 0 Å². The number of rotatable bonds is 4. The van der Waals surface area contributed by atoms with Crippen molar-refractivity contribution in [3.8, 4) is 11.5 Å². The van der Waals surface area contributed by atoms with Gasteiger partial charge in [-0.25, -0.2) is 4.98 Å². The van der Waals surface area contributed by atoms with Crippen LogP contribution >= 0.6 is 11.3 Å². The molecule has 1 saturated carbocycles. The molecule has 1 aromatic heterocycles. The summed E-state index contributed by atoms with van der Waals surface area (Å²) in [6.45, 7) is 0.252. The predicted molar refractivity (Wildman–Crippen MR) is 102 cm³/mol. The van der Waals surface area contributed by atoms with Crippen molar-refractivity contribution in [3.63, 3.8) is 0 Å². The van der Waals surface area contributed by atoms with Crippen LogP contribution in [0.1, 0.15) is 55.4 Å². The van der Waals surface area contributed by atoms with Crippen LogP contribution in [0.15, 0.2) is 23.6 Å². The molecule has 0 unspecified atom stereocenters. The van der Waals surface area contributed by atoms with Crippen molar-refractivity contribution in [1.82, 2.24) is 10.3 Å². The average Bonchev–Trinajstić information content (AvgIpc) is 3.26. The number of benzene rings is 1. The van der Waals surface area contributed by atoms with E-state index in [2.05, 4.69) is 15.6 Å². The van der Waals surface area contributed by atoms with Crippen LogP contribution in [0.2, 0.25) is 0 Å². The highest BCUT2D eigenvalue weighted by atomic mass is 32.1. The van der Waals surface area contributed by atoms with Crippen molar-refractivity contribution >= 4 is 28.1 Å². The minimum Gasteiger partial charge on any atom is -0.454 e. The van der Waals surface area contributed by atoms with Crippen LogP contribution < -0.4 is 20.1 Å². The van der Waals surface area contributed by atoms with Gasteiger partial charge in [-0.1, -0.05) is 32.1 Å². The van der Waals surface area contributed by atoms with E-state index < -0.39 is 0 Å². The zero-order valence-electron chi connectivity index (χ0n) is 14.6. The molecule has 7 heteroatoms. The number of carbonyl (C=O) groups is 1. The van der Waals surface area contributed by atoms with E-state index in [0.29, 0.717) is 16.6 Å². The molecule has 0 saturated heterocycles. The Labute approximate surface area is 156 Å². The van der Waals surface area contributed by atoms with Gasteiger partial charge in [0.2, 0.25) is 6.79 Å². The van der Waals surface area contributed by atoms with Crippen LogP contribution in [0.5, 0.6) is 11.5 Å². The summed E-state index contributed by atoms with van der Waals surface area (Å²) in [4.78, 5) is 16.9. The third-order valence-corrected chi connectivity index (χ3v) is 5.56. The van der Waals surface area contributed by atoms with E-state index >= 15 is 0 Å². The van der Waals surface area contributed by atoms with E-state index in [4.69, 9.17) is 9.47 Å². The quantitative estimate of drug-likeness (QED) is 0.828. The number of amides is 1. The minimum atomic E-state index is -0.0782. The maximum Gasteiger partial charge on any atom is 0.271 e. The average molecular weight is 373 g/mol. The van der Waals surface area contributed by atoms with E-state index in [9.17, 15) is 4.79 Å². The molecule has 1 aliphatic heterocycles. The normalized spacial score (nSPS) is 17.4. The Morgan fingerprint density at radius 1 is 1.08 bits per heavy atom. The van der Waals surface area contributed by atoms with Gasteiger partial charge in [-0.15, -0.1) is 11.3 Å². The van der Waals surface area contributed by atoms with Gasteiger partial charge in [-0.2, -0.15) is 0 Å². The molecular weight excluding hydrogens is 350 g/mol. The van der Waals surface area contributed by atoms with Crippen molar-refractivity contribution in [3.05, 3.63) is 29.3 Å². The van der Waals surface area contributed by atoms with Gasteiger partial charge in [-0.05, 0) is 25.0 Å². The Hall–Kier alpha value is -2.28. The second-order valence-electron chi connectivity index (χ2n) is 6.75. The Kier molecular flexibility index (Phi) is 5.24. The van der Waals surface area contributed by atoms with Crippen molar-refractivity contribution in [2.24, 2.45) is 0 Å². The Balaban J connectivity index is 1.37. The molecule has 1 amide bonds. The first-order valence-electron chi connectivity index (χ1n) is 9.21. The van der Waals surface area contributed by atoms with Gasteiger partial charge in [0.15, 0.2) is 16.6 Å². The molecule has 0 atom stereocenters. The molecule has 2 N–H and O–H groups in total. The lowest BCUT2D eigenvalue weighted by atomic mass is 9.97. The fraction of sp³-hybridized carbons (Fsp3) is 0.474. The molecule has 26 heavy (non-hydrogen) atoms. The zero-order valence-corrected chi connectivity index (χ0v) is 15.4. The van der Waals surface area contributed by atoms with E-state index in [-0.39, 0.29) is 18.7 Å². The van der Waals surface area contributed by atoms with Crippen LogP contribution in [0.4, 0.5) is 10.8 Å². The summed E-state index contributed by atoms with van der Waals surface area (Å²) in [5.74, 6) is 1.38. The monoisotopic (exact) mass is 373 g/mol. The molecule has 1 aliphatic carbocycles. The molecule has 1 aromatic carbocycles. The van der Waals surface area contributed by atoms with Gasteiger partial charge in [0.05, 0.1) is 0 Å². The van der Waals surface area contributed by atoms with Crippen LogP contribution in [0.3, 0.4) is 0 Å². The number of carbonyl (C=O) groups excluding carboxylic acids is 1. The van der Waals surface area contributed by atoms with E-state index in [1.165, 1.54) is 43.4 Å². The van der Waals surface area contributed by atoms with Gasteiger partial charge in [0.25, 0.3) is 5.91 Å². The van der Waals surface area contributed by atoms with Crippen molar-refractivity contribution in [2.45, 2.75) is 51.0 Å². The van der Waals surface area contributed by atoms with Crippen molar-refractivity contribution in [1.29, 1.82) is 0 Å². The molecule has 1 fully saturated rings. The molecule has 2 aromatic rings. The summed E-state index contributed by atoms with van der Waals surface area (Å²) < 4.78 is 10.7. The van der Waals surface area contributed by atoms with E-state index in [1.54, 1.807) is 5.38 Å². The number of thiazole rings is 1. The first kappa shape index (κ1) is 17.1. The summed E-state index contributed by atoms with van der Waals surface area (Å²) in [5.41, 5.74) is 1.33. The third-order valence-electron chi connectivity index (χ3n) is 4.80. The molecule has 2 aliphatic rings. The lowest BCUT2D eigenvalue weighted by molar-refractivity contribution is 0.0926. The topological polar surface area (TPSA) is 72.5 Å². The van der Waals surface area contributed by atoms with Crippen LogP contribution in [0.25, 0.3) is 0 Å². The van der Waals surface area contributed by atoms with Gasteiger partial charge in [0.1, 0.15) is 5.69 Å². The number of aromatic nitrogens is 1. The SMILES string of the molecule is O=C(NC1CCCCCCC1)c1csc(Nc2ccc3c(c2)OCO3)n1. The maximum absolute atomic E-state index is 12.5. The molecule has 0 spiro atoms. The number of anilines is 2. The zero-order chi connectivity index (χ0) is 17.8. The minimum absolute atomic E-state index is 0.0782. The highest BCUT2D eigenvalue weighted by Crippen LogP contribution is 2.35. The van der Waals surface area contributed by atoms with E-state index in [1.807, 2.05) is 18.2 Å². The van der Waals surface area contributed by atoms with E-state index in [0.717, 1.165) is 24.3 Å². The predicted octanol–water partition coefficient (Wildman–Crippen LogP) is 4.46. The van der Waals surface area contributed by atoms with Gasteiger partial charge < -0.3 is 20.1 Å². The summed E-state index contributed by atoms with van der Waals surface area (Å²) in [6.07, 6.45) is 8.38. The fourth-order valence-corrected chi connectivity index (χ4v) is 4.10. The maximum atomic E-state index is 12.5. The Morgan fingerprint density at radius 3 is 2.69 bits per heavy atom. The second kappa shape index (κ2) is 7.95. The smallest absolute Gasteiger partial charge is 0.271 e. The number of fused-ring (bicyclic) bond motifs is 1. The number of ether oxygens (including phenoxy) is 2. The van der Waals surface area contributed by atoms with Crippen LogP contribution in [-0.2, 0) is 0 Å². The first-order chi connectivity index (χ1) is 12.8. The number of nitrogens with zero attached hydrogens (tertiary/aromatic N) is 1. The van der Waals surface area contributed by atoms with Crippen LogP contribution in [-0.4, -0.2) is 23.7 Å². The fourth-order valence-electron chi connectivity index (χ4n) is 3.39. The number of nitrogens with one attached hydrogen (secondary N) is 2. The highest BCUT2D eigenvalue weighted by molar-refractivity contribution is 7.14. The Bertz CT molecular complexity index is 769. The molecule has 138 valence electrons. The largest absolute Gasteiger partial charge is 0.454 e. The molecule has 2 heterocycles. The Morgan fingerprint density at radius 2 is 1.85 bits per heavy atom. The summed E-state index contributed by atoms with van der Waals surface area (Å²) >= 11 is 1.42. The van der Waals surface area contributed by atoms with Gasteiger partial charge in [-0.3, -0.25) is 4.79 Å². The second-order valence-corrected chi connectivity index (χ2v) is 7.60. The molecule has 4 rings (SSSR count). The highest BCUT2D eigenvalue weighted by Gasteiger charge is 2.18. The summed E-state index contributed by atoms with van der Waals surface area (Å²) in [6, 6.07) is 5.91. The molecule has 6 nitrogen and oxygen atoms in total. The van der Waals surface area contributed by atoms with Crippen molar-refractivity contribution in [2.75, 3.05) is 12.1 Å². The summed E-state index contributed by atoms with van der Waals surface area (Å²) in [5, 5.41) is 8.86. The number of hydrogen-bond donors (Lipinski definition) is 2. The molecule has 0 bridgehead atoms. The lowest BCUT2D eigenvalue weighted by Gasteiger charge is -2.20. The van der Waals surface area contributed by atoms with Gasteiger partial charge in [0, 0.05) is 23.2 Å². The summed E-state index contributed by atoms with van der Waals surface area (Å²) in [7, 11) is 0. The number of hydrogen-bond acceptors (Lipinski definition) is 6. The third kappa shape index (κ3) is 4.09. The van der Waals surface area contributed by atoms with Crippen LogP contribution in [0, 0.1) is 0 Å². The lowest BCUT2D eigenvalue weighted by Crippen LogP contribution is -2.35. The standard InChI is InChI=1S/C19H23N3O3S/c23-18(20-13-6-4-2-1-3-5-7-13)15-11-26-19(22-15)21-14-8-9-16-17(10-14)25-12-24-16/h8-11,13H,1-7,12H2,(H,20,23)(H,21,22). The first-order valence-corrected chi connectivity index (χ1v) is 10.1.